The topological polar surface area (TPSA) is 69.6 Å². The van der Waals surface area contributed by atoms with E-state index in [4.69, 9.17) is 23.7 Å². The highest BCUT2D eigenvalue weighted by Crippen LogP contribution is 2.17. The lowest BCUT2D eigenvalue weighted by molar-refractivity contribution is -0.169. The molecule has 2 saturated heterocycles. The number of likely N-dealkylation sites (tertiary alicyclic amines) is 1. The molecule has 7 nitrogen and oxygen atoms in total. The van der Waals surface area contributed by atoms with Gasteiger partial charge in [0.25, 0.3) is 0 Å². The van der Waals surface area contributed by atoms with Crippen molar-refractivity contribution in [2.45, 2.75) is 44.1 Å². The molecular weight excluding hydrogens is 314 g/mol. The van der Waals surface area contributed by atoms with Crippen LogP contribution < -0.4 is 0 Å². The lowest BCUT2D eigenvalue weighted by Gasteiger charge is -2.22. The molecule has 0 aliphatic carbocycles. The second-order valence-electron chi connectivity index (χ2n) is 6.40. The third-order valence-electron chi connectivity index (χ3n) is 4.48. The van der Waals surface area contributed by atoms with E-state index < -0.39 is 0 Å². The van der Waals surface area contributed by atoms with Gasteiger partial charge in [-0.15, -0.1) is 0 Å². The molecule has 24 heavy (non-hydrogen) atoms. The SMILES string of the molecule is CN1C[C@H](OCCOCCOCCO[C@@H]2CCCCO2)C[C@@H]1CO. The fourth-order valence-corrected chi connectivity index (χ4v) is 3.04. The summed E-state index contributed by atoms with van der Waals surface area (Å²) in [6, 6.07) is 0.227. The zero-order valence-electron chi connectivity index (χ0n) is 14.9. The monoisotopic (exact) mass is 347 g/mol. The molecule has 0 unspecified atom stereocenters. The van der Waals surface area contributed by atoms with Crippen LogP contribution in [0.25, 0.3) is 0 Å². The highest BCUT2D eigenvalue weighted by atomic mass is 16.7. The van der Waals surface area contributed by atoms with Gasteiger partial charge in [-0.1, -0.05) is 0 Å². The maximum Gasteiger partial charge on any atom is 0.157 e. The first kappa shape index (κ1) is 20.0. The highest BCUT2D eigenvalue weighted by Gasteiger charge is 2.29. The number of rotatable bonds is 12. The first-order valence-corrected chi connectivity index (χ1v) is 9.11. The summed E-state index contributed by atoms with van der Waals surface area (Å²) in [5, 5.41) is 9.21. The Morgan fingerprint density at radius 3 is 2.33 bits per heavy atom. The van der Waals surface area contributed by atoms with Crippen molar-refractivity contribution in [1.29, 1.82) is 0 Å². The Balaban J connectivity index is 1.32. The summed E-state index contributed by atoms with van der Waals surface area (Å²) in [5.41, 5.74) is 0. The van der Waals surface area contributed by atoms with E-state index in [1.165, 1.54) is 6.42 Å². The minimum absolute atomic E-state index is 0.0455. The van der Waals surface area contributed by atoms with Crippen molar-refractivity contribution < 1.29 is 28.8 Å². The molecule has 2 aliphatic rings. The van der Waals surface area contributed by atoms with Crippen molar-refractivity contribution in [2.75, 3.05) is 66.4 Å². The van der Waals surface area contributed by atoms with E-state index in [9.17, 15) is 5.11 Å². The molecule has 7 heteroatoms. The first-order valence-electron chi connectivity index (χ1n) is 9.11. The highest BCUT2D eigenvalue weighted by molar-refractivity contribution is 4.83. The molecule has 0 saturated carbocycles. The van der Waals surface area contributed by atoms with Crippen molar-refractivity contribution in [2.24, 2.45) is 0 Å². The summed E-state index contributed by atoms with van der Waals surface area (Å²) in [6.45, 7) is 5.28. The van der Waals surface area contributed by atoms with E-state index in [1.807, 2.05) is 7.05 Å². The zero-order valence-corrected chi connectivity index (χ0v) is 14.9. The average molecular weight is 347 g/mol. The van der Waals surface area contributed by atoms with Gasteiger partial charge in [0.05, 0.1) is 52.4 Å². The Morgan fingerprint density at radius 2 is 1.71 bits per heavy atom. The van der Waals surface area contributed by atoms with Crippen LogP contribution in [0.5, 0.6) is 0 Å². The van der Waals surface area contributed by atoms with Crippen molar-refractivity contribution in [3.63, 3.8) is 0 Å². The van der Waals surface area contributed by atoms with Gasteiger partial charge < -0.3 is 28.8 Å². The third-order valence-corrected chi connectivity index (χ3v) is 4.48. The van der Waals surface area contributed by atoms with E-state index in [0.717, 1.165) is 32.4 Å². The molecule has 0 spiro atoms. The van der Waals surface area contributed by atoms with Crippen LogP contribution in [0.15, 0.2) is 0 Å². The van der Waals surface area contributed by atoms with Crippen molar-refractivity contribution in [3.8, 4) is 0 Å². The predicted octanol–water partition coefficient (Wildman–Crippen LogP) is 0.644. The fraction of sp³-hybridized carbons (Fsp3) is 1.00. The van der Waals surface area contributed by atoms with Gasteiger partial charge in [-0.3, -0.25) is 4.90 Å². The molecule has 142 valence electrons. The Hall–Kier alpha value is -0.280. The molecule has 0 aromatic rings. The number of hydrogen-bond donors (Lipinski definition) is 1. The Bertz CT molecular complexity index is 313. The minimum Gasteiger partial charge on any atom is -0.395 e. The van der Waals surface area contributed by atoms with Gasteiger partial charge in [-0.25, -0.2) is 0 Å². The average Bonchev–Trinajstić information content (AvgIpc) is 2.97. The standard InChI is InChI=1S/C17H33NO6/c1-18-13-16(12-15(18)14-19)22-10-8-20-6-7-21-9-11-24-17-4-2-3-5-23-17/h15-17,19H,2-14H2,1H3/t15-,16-,17-/m1/s1. The molecule has 0 radical (unpaired) electrons. The van der Waals surface area contributed by atoms with Gasteiger partial charge in [-0.2, -0.15) is 0 Å². The van der Waals surface area contributed by atoms with E-state index in [1.54, 1.807) is 0 Å². The summed E-state index contributed by atoms with van der Waals surface area (Å²) in [6.07, 6.45) is 4.34. The fourth-order valence-electron chi connectivity index (χ4n) is 3.04. The third kappa shape index (κ3) is 7.74. The van der Waals surface area contributed by atoms with Crippen LogP contribution in [0.2, 0.25) is 0 Å². The Kier molecular flexibility index (Phi) is 10.1. The predicted molar refractivity (Wildman–Crippen MR) is 89.0 cm³/mol. The normalized spacial score (nSPS) is 28.5. The Labute approximate surface area is 145 Å². The number of hydrogen-bond acceptors (Lipinski definition) is 7. The zero-order chi connectivity index (χ0) is 17.0. The summed E-state index contributed by atoms with van der Waals surface area (Å²) >= 11 is 0. The number of aliphatic hydroxyl groups excluding tert-OH is 1. The lowest BCUT2D eigenvalue weighted by Crippen LogP contribution is -2.28. The second kappa shape index (κ2) is 12.1. The van der Waals surface area contributed by atoms with Gasteiger partial charge in [0, 0.05) is 19.2 Å². The smallest absolute Gasteiger partial charge is 0.157 e. The van der Waals surface area contributed by atoms with Crippen LogP contribution in [-0.2, 0) is 23.7 Å². The van der Waals surface area contributed by atoms with Crippen LogP contribution >= 0.6 is 0 Å². The number of nitrogens with zero attached hydrogens (tertiary/aromatic N) is 1. The van der Waals surface area contributed by atoms with Crippen LogP contribution in [0.3, 0.4) is 0 Å². The van der Waals surface area contributed by atoms with E-state index in [2.05, 4.69) is 4.90 Å². The number of likely N-dealkylation sites (N-methyl/N-ethyl adjacent to an activating group) is 1. The van der Waals surface area contributed by atoms with E-state index in [-0.39, 0.29) is 25.0 Å². The largest absolute Gasteiger partial charge is 0.395 e. The van der Waals surface area contributed by atoms with Crippen molar-refractivity contribution in [1.82, 2.24) is 4.90 Å². The number of ether oxygens (including phenoxy) is 5. The summed E-state index contributed by atoms with van der Waals surface area (Å²) < 4.78 is 27.8. The van der Waals surface area contributed by atoms with Crippen LogP contribution in [0.4, 0.5) is 0 Å². The molecule has 2 fully saturated rings. The molecule has 2 rings (SSSR count). The minimum atomic E-state index is -0.0455. The first-order chi connectivity index (χ1) is 11.8. The molecule has 0 amide bonds. The molecule has 0 aromatic carbocycles. The van der Waals surface area contributed by atoms with Gasteiger partial charge in [0.1, 0.15) is 0 Å². The Morgan fingerprint density at radius 1 is 1.00 bits per heavy atom. The molecule has 0 bridgehead atoms. The van der Waals surface area contributed by atoms with Crippen molar-refractivity contribution in [3.05, 3.63) is 0 Å². The number of aliphatic hydroxyl groups is 1. The van der Waals surface area contributed by atoms with Crippen LogP contribution in [0.1, 0.15) is 25.7 Å². The quantitative estimate of drug-likeness (QED) is 0.520. The molecule has 3 atom stereocenters. The second-order valence-corrected chi connectivity index (χ2v) is 6.40. The molecule has 0 aromatic heterocycles. The van der Waals surface area contributed by atoms with Crippen LogP contribution in [0, 0.1) is 0 Å². The summed E-state index contributed by atoms with van der Waals surface area (Å²) in [4.78, 5) is 2.14. The summed E-state index contributed by atoms with van der Waals surface area (Å²) in [5.74, 6) is 0. The molecule has 1 N–H and O–H groups in total. The van der Waals surface area contributed by atoms with E-state index >= 15 is 0 Å². The van der Waals surface area contributed by atoms with E-state index in [0.29, 0.717) is 39.6 Å². The van der Waals surface area contributed by atoms with Gasteiger partial charge in [0.2, 0.25) is 0 Å². The van der Waals surface area contributed by atoms with Gasteiger partial charge >= 0.3 is 0 Å². The van der Waals surface area contributed by atoms with Crippen molar-refractivity contribution >= 4 is 0 Å². The molecule has 2 aliphatic heterocycles. The maximum absolute atomic E-state index is 9.21. The summed E-state index contributed by atoms with van der Waals surface area (Å²) in [7, 11) is 2.02. The molecular formula is C17H33NO6. The van der Waals surface area contributed by atoms with Gasteiger partial charge in [0.15, 0.2) is 6.29 Å². The van der Waals surface area contributed by atoms with Crippen LogP contribution in [-0.4, -0.2) is 94.9 Å². The lowest BCUT2D eigenvalue weighted by atomic mass is 10.2. The molecule has 2 heterocycles. The van der Waals surface area contributed by atoms with Gasteiger partial charge in [-0.05, 0) is 32.7 Å². The maximum atomic E-state index is 9.21.